The molecule has 2 aromatic heterocycles. The summed E-state index contributed by atoms with van der Waals surface area (Å²) in [6.45, 7) is 1.05. The molecule has 2 fully saturated rings. The van der Waals surface area contributed by atoms with Crippen LogP contribution in [0.3, 0.4) is 0 Å². The van der Waals surface area contributed by atoms with Crippen molar-refractivity contribution in [1.82, 2.24) is 19.5 Å². The van der Waals surface area contributed by atoms with Gasteiger partial charge in [-0.25, -0.2) is 4.98 Å². The minimum atomic E-state index is -0.731. The standard InChI is InChI=1S/C18H18BN5O6/c1-9(26)21-18-22-15-12(16(27)23-18)20-8-24(15)17-14-13(11(7-25)28-17)29-19(30-14)10-5-3-2-4-6-10/h2-6,8,11,13-14,17,25H,7H2,1H3,(H2,21,22,23,26,27)/t11-,13?,14+,17-/m1/s1. The van der Waals surface area contributed by atoms with Gasteiger partial charge in [-0.15, -0.1) is 0 Å². The van der Waals surface area contributed by atoms with Crippen molar-refractivity contribution in [1.29, 1.82) is 0 Å². The zero-order valence-electron chi connectivity index (χ0n) is 15.9. The maximum atomic E-state index is 12.3. The summed E-state index contributed by atoms with van der Waals surface area (Å²) >= 11 is 0. The van der Waals surface area contributed by atoms with Crippen LogP contribution in [0.5, 0.6) is 0 Å². The van der Waals surface area contributed by atoms with E-state index in [0.717, 1.165) is 5.46 Å². The monoisotopic (exact) mass is 411 g/mol. The Bertz CT molecular complexity index is 1150. The van der Waals surface area contributed by atoms with E-state index < -0.39 is 37.2 Å². The normalized spacial score (nSPS) is 25.6. The van der Waals surface area contributed by atoms with Crippen molar-refractivity contribution in [3.63, 3.8) is 0 Å². The maximum absolute atomic E-state index is 12.3. The molecule has 0 spiro atoms. The molecule has 4 atom stereocenters. The van der Waals surface area contributed by atoms with Gasteiger partial charge in [-0.2, -0.15) is 4.98 Å². The number of aromatic nitrogens is 4. The van der Waals surface area contributed by atoms with Crippen LogP contribution in [0.15, 0.2) is 41.5 Å². The summed E-state index contributed by atoms with van der Waals surface area (Å²) in [7, 11) is -0.609. The summed E-state index contributed by atoms with van der Waals surface area (Å²) in [5.74, 6) is -0.375. The lowest BCUT2D eigenvalue weighted by Crippen LogP contribution is -2.36. The molecule has 3 aromatic rings. The summed E-state index contributed by atoms with van der Waals surface area (Å²) in [5, 5.41) is 12.2. The molecule has 1 aromatic carbocycles. The first-order valence-electron chi connectivity index (χ1n) is 9.42. The summed E-state index contributed by atoms with van der Waals surface area (Å²) in [6, 6.07) is 9.45. The van der Waals surface area contributed by atoms with Gasteiger partial charge in [0.05, 0.1) is 12.9 Å². The average molecular weight is 411 g/mol. The van der Waals surface area contributed by atoms with Crippen molar-refractivity contribution in [3.05, 3.63) is 47.0 Å². The summed E-state index contributed by atoms with van der Waals surface area (Å²) in [6.07, 6.45) is -1.01. The number of nitrogens with one attached hydrogen (secondary N) is 2. The van der Waals surface area contributed by atoms with Crippen LogP contribution in [0.2, 0.25) is 0 Å². The van der Waals surface area contributed by atoms with Crippen LogP contribution in [0.25, 0.3) is 11.2 Å². The first-order chi connectivity index (χ1) is 14.5. The van der Waals surface area contributed by atoms with E-state index in [4.69, 9.17) is 14.0 Å². The number of imidazole rings is 1. The SMILES string of the molecule is CC(=O)Nc1nc2c(ncn2[C@@H]2O[C@H](CO)C3OB(c4ccccc4)O[C@@H]32)c(=O)[nH]1. The molecule has 1 amide bonds. The van der Waals surface area contributed by atoms with Crippen molar-refractivity contribution in [2.45, 2.75) is 31.5 Å². The second kappa shape index (κ2) is 7.33. The second-order valence-electron chi connectivity index (χ2n) is 7.11. The molecule has 2 saturated heterocycles. The molecule has 3 N–H and O–H groups in total. The second-order valence-corrected chi connectivity index (χ2v) is 7.11. The Balaban J connectivity index is 1.52. The molecule has 0 saturated carbocycles. The molecule has 11 nitrogen and oxygen atoms in total. The van der Waals surface area contributed by atoms with Crippen LogP contribution in [0.1, 0.15) is 13.2 Å². The fraction of sp³-hybridized carbons (Fsp3) is 0.333. The van der Waals surface area contributed by atoms with Crippen LogP contribution in [-0.4, -0.2) is 62.6 Å². The molecule has 1 unspecified atom stereocenters. The topological polar surface area (TPSA) is 141 Å². The van der Waals surface area contributed by atoms with Crippen LogP contribution in [0.4, 0.5) is 5.95 Å². The van der Waals surface area contributed by atoms with Gasteiger partial charge >= 0.3 is 7.12 Å². The minimum absolute atomic E-state index is 0.000701. The van der Waals surface area contributed by atoms with E-state index >= 15 is 0 Å². The van der Waals surface area contributed by atoms with Gasteiger partial charge in [0.25, 0.3) is 5.56 Å². The van der Waals surface area contributed by atoms with Gasteiger partial charge in [-0.3, -0.25) is 24.5 Å². The van der Waals surface area contributed by atoms with Crippen molar-refractivity contribution < 1.29 is 23.9 Å². The van der Waals surface area contributed by atoms with Crippen LogP contribution in [0, 0.1) is 0 Å². The first-order valence-corrected chi connectivity index (χ1v) is 9.42. The average Bonchev–Trinajstić information content (AvgIpc) is 3.41. The highest BCUT2D eigenvalue weighted by Crippen LogP contribution is 2.39. The molecule has 2 aliphatic heterocycles. The van der Waals surface area contributed by atoms with Crippen molar-refractivity contribution >= 4 is 35.6 Å². The first kappa shape index (κ1) is 18.9. The van der Waals surface area contributed by atoms with Crippen molar-refractivity contribution in [3.8, 4) is 0 Å². The Morgan fingerprint density at radius 1 is 1.30 bits per heavy atom. The maximum Gasteiger partial charge on any atom is 0.494 e. The van der Waals surface area contributed by atoms with E-state index in [9.17, 15) is 14.7 Å². The molecule has 12 heteroatoms. The van der Waals surface area contributed by atoms with Gasteiger partial charge in [-0.05, 0) is 5.46 Å². The van der Waals surface area contributed by atoms with E-state index in [1.807, 2.05) is 30.3 Å². The van der Waals surface area contributed by atoms with E-state index in [1.165, 1.54) is 13.3 Å². The zero-order valence-corrected chi connectivity index (χ0v) is 15.9. The van der Waals surface area contributed by atoms with E-state index in [-0.39, 0.29) is 29.6 Å². The number of ether oxygens (including phenoxy) is 1. The Kier molecular flexibility index (Phi) is 4.63. The smallest absolute Gasteiger partial charge is 0.399 e. The number of H-pyrrole nitrogens is 1. The largest absolute Gasteiger partial charge is 0.494 e. The molecular weight excluding hydrogens is 393 g/mol. The number of aromatic amines is 1. The highest BCUT2D eigenvalue weighted by Gasteiger charge is 2.55. The Hall–Kier alpha value is -3.06. The lowest BCUT2D eigenvalue weighted by Gasteiger charge is -2.19. The van der Waals surface area contributed by atoms with Crippen LogP contribution in [-0.2, 0) is 18.8 Å². The fourth-order valence-corrected chi connectivity index (χ4v) is 3.81. The van der Waals surface area contributed by atoms with Gasteiger partial charge in [0.2, 0.25) is 11.9 Å². The number of rotatable bonds is 4. The van der Waals surface area contributed by atoms with Gasteiger partial charge in [0, 0.05) is 6.92 Å². The fourth-order valence-electron chi connectivity index (χ4n) is 3.81. The summed E-state index contributed by atoms with van der Waals surface area (Å²) < 4.78 is 19.7. The van der Waals surface area contributed by atoms with Crippen molar-refractivity contribution in [2.75, 3.05) is 11.9 Å². The van der Waals surface area contributed by atoms with Crippen LogP contribution >= 0.6 is 0 Å². The number of hydrogen-bond donors (Lipinski definition) is 3. The Labute approximate surface area is 170 Å². The molecule has 4 heterocycles. The lowest BCUT2D eigenvalue weighted by atomic mass is 9.79. The molecule has 30 heavy (non-hydrogen) atoms. The number of aliphatic hydroxyl groups excluding tert-OH is 1. The number of carbonyl (C=O) groups is 1. The molecule has 2 aliphatic rings. The quantitative estimate of drug-likeness (QED) is 0.472. The van der Waals surface area contributed by atoms with Crippen molar-refractivity contribution in [2.24, 2.45) is 0 Å². The van der Waals surface area contributed by atoms with Crippen LogP contribution < -0.4 is 16.3 Å². The van der Waals surface area contributed by atoms with Gasteiger partial charge in [-0.1, -0.05) is 30.3 Å². The zero-order chi connectivity index (χ0) is 20.8. The van der Waals surface area contributed by atoms with E-state index in [0.29, 0.717) is 0 Å². The summed E-state index contributed by atoms with van der Waals surface area (Å²) in [4.78, 5) is 34.6. The number of aliphatic hydroxyl groups is 1. The molecule has 5 rings (SSSR count). The van der Waals surface area contributed by atoms with E-state index in [2.05, 4.69) is 20.3 Å². The van der Waals surface area contributed by atoms with Gasteiger partial charge < -0.3 is 19.2 Å². The predicted octanol–water partition coefficient (Wildman–Crippen LogP) is -0.853. The third-order valence-electron chi connectivity index (χ3n) is 5.10. The number of anilines is 1. The van der Waals surface area contributed by atoms with Gasteiger partial charge in [0.1, 0.15) is 18.3 Å². The third-order valence-corrected chi connectivity index (χ3v) is 5.10. The number of hydrogen-bond acceptors (Lipinski definition) is 8. The Morgan fingerprint density at radius 3 is 2.80 bits per heavy atom. The van der Waals surface area contributed by atoms with E-state index in [1.54, 1.807) is 4.57 Å². The highest BCUT2D eigenvalue weighted by molar-refractivity contribution is 6.61. The molecule has 0 radical (unpaired) electrons. The molecule has 0 bridgehead atoms. The molecule has 0 aliphatic carbocycles. The lowest BCUT2D eigenvalue weighted by molar-refractivity contribution is -0.114. The molecular formula is C18H18BN5O6. The number of nitrogens with zero attached hydrogens (tertiary/aromatic N) is 3. The summed E-state index contributed by atoms with van der Waals surface area (Å²) in [5.41, 5.74) is 0.661. The number of fused-ring (bicyclic) bond motifs is 2. The number of amides is 1. The Morgan fingerprint density at radius 2 is 2.07 bits per heavy atom. The highest BCUT2D eigenvalue weighted by atomic mass is 16.7. The van der Waals surface area contributed by atoms with Gasteiger partial charge in [0.15, 0.2) is 17.4 Å². The third kappa shape index (κ3) is 3.10. The number of benzene rings is 1. The number of carbonyl (C=O) groups excluding carboxylic acids is 1. The minimum Gasteiger partial charge on any atom is -0.399 e. The predicted molar refractivity (Wildman–Crippen MR) is 105 cm³/mol. The molecule has 154 valence electrons.